The topological polar surface area (TPSA) is 79.3 Å². The van der Waals surface area contributed by atoms with E-state index in [1.807, 2.05) is 20.8 Å². The molecule has 1 atom stereocenters. The van der Waals surface area contributed by atoms with Crippen LogP contribution >= 0.6 is 0 Å². The number of benzene rings is 2. The first-order chi connectivity index (χ1) is 16.9. The molecule has 2 aromatic rings. The van der Waals surface area contributed by atoms with Gasteiger partial charge in [-0.2, -0.15) is 0 Å². The zero-order valence-electron chi connectivity index (χ0n) is 20.7. The van der Waals surface area contributed by atoms with E-state index in [2.05, 4.69) is 4.90 Å². The van der Waals surface area contributed by atoms with Gasteiger partial charge in [0.05, 0.1) is 25.3 Å². The normalized spacial score (nSPS) is 17.3. The highest BCUT2D eigenvalue weighted by Gasteiger charge is 2.46. The minimum atomic E-state index is -0.829. The van der Waals surface area contributed by atoms with Crippen LogP contribution in [0.2, 0.25) is 0 Å². The fourth-order valence-corrected chi connectivity index (χ4v) is 4.19. The molecule has 1 N–H and O–H groups in total. The summed E-state index contributed by atoms with van der Waals surface area (Å²) < 4.78 is 24.7. The van der Waals surface area contributed by atoms with Crippen molar-refractivity contribution >= 4 is 17.4 Å². The third-order valence-corrected chi connectivity index (χ3v) is 6.17. The lowest BCUT2D eigenvalue weighted by molar-refractivity contribution is -0.140. The molecule has 7 nitrogen and oxygen atoms in total. The molecule has 3 rings (SSSR count). The van der Waals surface area contributed by atoms with Crippen molar-refractivity contribution in [3.8, 4) is 11.5 Å². The summed E-state index contributed by atoms with van der Waals surface area (Å²) in [5.74, 6) is -1.25. The predicted molar refractivity (Wildman–Crippen MR) is 132 cm³/mol. The second-order valence-corrected chi connectivity index (χ2v) is 8.29. The molecule has 0 bridgehead atoms. The minimum Gasteiger partial charge on any atom is -0.507 e. The number of ether oxygens (including phenoxy) is 2. The molecule has 0 aliphatic carbocycles. The van der Waals surface area contributed by atoms with E-state index in [0.29, 0.717) is 36.8 Å². The van der Waals surface area contributed by atoms with Gasteiger partial charge in [0, 0.05) is 18.7 Å². The third-order valence-electron chi connectivity index (χ3n) is 6.17. The van der Waals surface area contributed by atoms with Gasteiger partial charge in [-0.05, 0) is 61.5 Å². The maximum Gasteiger partial charge on any atom is 0.295 e. The summed E-state index contributed by atoms with van der Waals surface area (Å²) in [4.78, 5) is 29.9. The monoisotopic (exact) mass is 484 g/mol. The van der Waals surface area contributed by atoms with Crippen molar-refractivity contribution in [2.45, 2.75) is 33.2 Å². The molecule has 35 heavy (non-hydrogen) atoms. The Labute approximate surface area is 205 Å². The van der Waals surface area contributed by atoms with E-state index in [4.69, 9.17) is 9.47 Å². The van der Waals surface area contributed by atoms with Crippen LogP contribution in [0.5, 0.6) is 11.5 Å². The van der Waals surface area contributed by atoms with Crippen LogP contribution in [0, 0.1) is 5.82 Å². The van der Waals surface area contributed by atoms with Crippen LogP contribution in [0.4, 0.5) is 4.39 Å². The van der Waals surface area contributed by atoms with Crippen molar-refractivity contribution in [2.75, 3.05) is 39.9 Å². The summed E-state index contributed by atoms with van der Waals surface area (Å²) in [6.45, 7) is 9.06. The number of halogens is 1. The van der Waals surface area contributed by atoms with E-state index in [0.717, 1.165) is 19.5 Å². The Morgan fingerprint density at radius 3 is 2.34 bits per heavy atom. The first kappa shape index (κ1) is 26.2. The van der Waals surface area contributed by atoms with Gasteiger partial charge in [0.1, 0.15) is 11.6 Å². The summed E-state index contributed by atoms with van der Waals surface area (Å²) in [5, 5.41) is 11.1. The zero-order chi connectivity index (χ0) is 25.5. The Bertz CT molecular complexity index is 1080. The Morgan fingerprint density at radius 2 is 1.74 bits per heavy atom. The molecule has 1 aliphatic heterocycles. The second-order valence-electron chi connectivity index (χ2n) is 8.29. The number of carbonyl (C=O) groups excluding carboxylic acids is 2. The molecular weight excluding hydrogens is 451 g/mol. The number of hydrogen-bond donors (Lipinski definition) is 1. The zero-order valence-corrected chi connectivity index (χ0v) is 20.7. The Morgan fingerprint density at radius 1 is 1.06 bits per heavy atom. The Kier molecular flexibility index (Phi) is 8.87. The van der Waals surface area contributed by atoms with Crippen LogP contribution in [0.25, 0.3) is 5.76 Å². The van der Waals surface area contributed by atoms with Gasteiger partial charge in [-0.1, -0.05) is 26.8 Å². The summed E-state index contributed by atoms with van der Waals surface area (Å²) in [7, 11) is 1.52. The van der Waals surface area contributed by atoms with E-state index in [9.17, 15) is 19.1 Å². The number of Topliss-reactive ketones (excluding diaryl/α,β-unsaturated/α-hetero) is 1. The van der Waals surface area contributed by atoms with E-state index in [1.165, 1.54) is 36.3 Å². The molecule has 8 heteroatoms. The van der Waals surface area contributed by atoms with Gasteiger partial charge >= 0.3 is 0 Å². The first-order valence-electron chi connectivity index (χ1n) is 11.9. The number of aliphatic hydroxyl groups is 1. The van der Waals surface area contributed by atoms with Crippen LogP contribution in [0.3, 0.4) is 0 Å². The van der Waals surface area contributed by atoms with Crippen LogP contribution in [0.15, 0.2) is 48.0 Å². The quantitative estimate of drug-likeness (QED) is 0.290. The van der Waals surface area contributed by atoms with Crippen molar-refractivity contribution in [3.63, 3.8) is 0 Å². The van der Waals surface area contributed by atoms with Gasteiger partial charge in [0.25, 0.3) is 11.7 Å². The van der Waals surface area contributed by atoms with Gasteiger partial charge in [0.15, 0.2) is 11.5 Å². The molecule has 0 spiro atoms. The van der Waals surface area contributed by atoms with E-state index < -0.39 is 23.5 Å². The standard InChI is InChI=1S/C27H33FN2O5/c1-5-16-35-21-13-10-19(17-22(21)34-4)24-23(25(31)18-8-11-20(28)12-9-18)26(32)27(33)30(24)15-14-29(6-2)7-3/h8-13,17,24,31H,5-7,14-16H2,1-4H3/b25-23+/t24-/m1/s1. The van der Waals surface area contributed by atoms with Crippen LogP contribution in [0.1, 0.15) is 44.4 Å². The SMILES string of the molecule is CCCOc1ccc([C@@H]2/C(=C(\O)c3ccc(F)cc3)C(=O)C(=O)N2CCN(CC)CC)cc1OC. The number of methoxy groups -OCH3 is 1. The number of likely N-dealkylation sites (tertiary alicyclic amines) is 1. The molecular formula is C27H33FN2O5. The van der Waals surface area contributed by atoms with Crippen molar-refractivity contribution < 1.29 is 28.6 Å². The summed E-state index contributed by atoms with van der Waals surface area (Å²) in [5.41, 5.74) is 0.826. The van der Waals surface area contributed by atoms with Crippen LogP contribution < -0.4 is 9.47 Å². The van der Waals surface area contributed by atoms with Crippen molar-refractivity contribution in [3.05, 3.63) is 65.0 Å². The number of amides is 1. The number of aliphatic hydroxyl groups excluding tert-OH is 1. The lowest BCUT2D eigenvalue weighted by atomic mass is 9.95. The van der Waals surface area contributed by atoms with E-state index in [-0.39, 0.29) is 16.9 Å². The van der Waals surface area contributed by atoms with Gasteiger partial charge in [-0.15, -0.1) is 0 Å². The fraction of sp³-hybridized carbons (Fsp3) is 0.407. The Hall–Kier alpha value is -3.39. The molecule has 2 aromatic carbocycles. The number of nitrogens with zero attached hydrogens (tertiary/aromatic N) is 2. The van der Waals surface area contributed by atoms with Crippen LogP contribution in [-0.2, 0) is 9.59 Å². The maximum atomic E-state index is 13.5. The van der Waals surface area contributed by atoms with Gasteiger partial charge in [0.2, 0.25) is 0 Å². The predicted octanol–water partition coefficient (Wildman–Crippen LogP) is 4.39. The average Bonchev–Trinajstić information content (AvgIpc) is 3.13. The van der Waals surface area contributed by atoms with E-state index in [1.54, 1.807) is 18.2 Å². The summed E-state index contributed by atoms with van der Waals surface area (Å²) in [6, 6.07) is 9.57. The summed E-state index contributed by atoms with van der Waals surface area (Å²) in [6.07, 6.45) is 0.827. The molecule has 1 aliphatic rings. The van der Waals surface area contributed by atoms with Gasteiger partial charge < -0.3 is 24.4 Å². The third kappa shape index (κ3) is 5.65. The molecule has 0 aromatic heterocycles. The smallest absolute Gasteiger partial charge is 0.295 e. The first-order valence-corrected chi connectivity index (χ1v) is 11.9. The number of hydrogen-bond acceptors (Lipinski definition) is 6. The van der Waals surface area contributed by atoms with Gasteiger partial charge in [-0.3, -0.25) is 9.59 Å². The second kappa shape index (κ2) is 11.8. The number of ketones is 1. The fourth-order valence-electron chi connectivity index (χ4n) is 4.19. The highest BCUT2D eigenvalue weighted by atomic mass is 19.1. The molecule has 1 heterocycles. The molecule has 1 amide bonds. The molecule has 0 unspecified atom stereocenters. The molecule has 188 valence electrons. The molecule has 1 saturated heterocycles. The lowest BCUT2D eigenvalue weighted by Gasteiger charge is -2.28. The average molecular weight is 485 g/mol. The van der Waals surface area contributed by atoms with Crippen LogP contribution in [-0.4, -0.2) is 66.5 Å². The van der Waals surface area contributed by atoms with Gasteiger partial charge in [-0.25, -0.2) is 4.39 Å². The lowest BCUT2D eigenvalue weighted by Crippen LogP contribution is -2.38. The minimum absolute atomic E-state index is 0.0366. The van der Waals surface area contributed by atoms with Crippen molar-refractivity contribution in [1.29, 1.82) is 0 Å². The summed E-state index contributed by atoms with van der Waals surface area (Å²) >= 11 is 0. The Balaban J connectivity index is 2.12. The largest absolute Gasteiger partial charge is 0.507 e. The van der Waals surface area contributed by atoms with E-state index >= 15 is 0 Å². The molecule has 1 fully saturated rings. The number of carbonyl (C=O) groups is 2. The van der Waals surface area contributed by atoms with Crippen molar-refractivity contribution in [1.82, 2.24) is 9.80 Å². The van der Waals surface area contributed by atoms with Crippen molar-refractivity contribution in [2.24, 2.45) is 0 Å². The number of likely N-dealkylation sites (N-methyl/N-ethyl adjacent to an activating group) is 1. The maximum absolute atomic E-state index is 13.5. The molecule has 0 radical (unpaired) electrons. The number of rotatable bonds is 11. The highest BCUT2D eigenvalue weighted by Crippen LogP contribution is 2.42. The highest BCUT2D eigenvalue weighted by molar-refractivity contribution is 6.46. The molecule has 0 saturated carbocycles.